The van der Waals surface area contributed by atoms with Gasteiger partial charge in [0.2, 0.25) is 5.91 Å². The summed E-state index contributed by atoms with van der Waals surface area (Å²) in [5.74, 6) is -0.358. The number of ether oxygens (including phenoxy) is 1. The van der Waals surface area contributed by atoms with Gasteiger partial charge in [0.25, 0.3) is 0 Å². The van der Waals surface area contributed by atoms with Crippen LogP contribution in [-0.4, -0.2) is 16.9 Å². The monoisotopic (exact) mass is 374 g/mol. The number of aryl methyl sites for hydroxylation is 2. The minimum atomic E-state index is -0.246. The van der Waals surface area contributed by atoms with Crippen LogP contribution in [0.3, 0.4) is 0 Å². The third kappa shape index (κ3) is 5.39. The highest BCUT2D eigenvalue weighted by atomic mass is 32.1. The maximum absolute atomic E-state index is 12.2. The Balaban J connectivity index is 2.13. The van der Waals surface area contributed by atoms with Crippen LogP contribution in [0.2, 0.25) is 0 Å². The number of hydrogen-bond acceptors (Lipinski definition) is 5. The number of carbonyl (C=O) groups excluding carboxylic acids is 2. The Kier molecular flexibility index (Phi) is 6.18. The number of aromatic nitrogens is 1. The van der Waals surface area contributed by atoms with Crippen LogP contribution < -0.4 is 4.90 Å². The summed E-state index contributed by atoms with van der Waals surface area (Å²) in [7, 11) is 0. The quantitative estimate of drug-likeness (QED) is 0.697. The van der Waals surface area contributed by atoms with E-state index in [0.717, 1.165) is 11.3 Å². The number of hydrogen-bond donors (Lipinski definition) is 0. The summed E-state index contributed by atoms with van der Waals surface area (Å²) in [6.07, 6.45) is 0.353. The van der Waals surface area contributed by atoms with Gasteiger partial charge in [-0.05, 0) is 42.5 Å². The Morgan fingerprint density at radius 1 is 1.19 bits per heavy atom. The molecule has 6 heteroatoms. The fraction of sp³-hybridized carbons (Fsp3) is 0.450. The lowest BCUT2D eigenvalue weighted by Gasteiger charge is -2.19. The molecule has 2 aromatic rings. The predicted molar refractivity (Wildman–Crippen MR) is 105 cm³/mol. The summed E-state index contributed by atoms with van der Waals surface area (Å²) >= 11 is 1.36. The van der Waals surface area contributed by atoms with E-state index in [-0.39, 0.29) is 23.9 Å². The highest BCUT2D eigenvalue weighted by Gasteiger charge is 2.20. The van der Waals surface area contributed by atoms with Gasteiger partial charge in [0.15, 0.2) is 5.13 Å². The molecule has 0 N–H and O–H groups in total. The van der Waals surface area contributed by atoms with E-state index in [0.29, 0.717) is 17.2 Å². The first-order valence-electron chi connectivity index (χ1n) is 8.55. The Bertz CT molecular complexity index is 806. The average Bonchev–Trinajstić information content (AvgIpc) is 2.95. The van der Waals surface area contributed by atoms with Gasteiger partial charge in [0, 0.05) is 12.3 Å². The Morgan fingerprint density at radius 2 is 1.88 bits per heavy atom. The number of amides is 1. The normalized spacial score (nSPS) is 11.3. The number of anilines is 2. The van der Waals surface area contributed by atoms with Gasteiger partial charge in [0.1, 0.15) is 6.61 Å². The predicted octanol–water partition coefficient (Wildman–Crippen LogP) is 4.92. The van der Waals surface area contributed by atoms with Crippen molar-refractivity contribution in [3.63, 3.8) is 0 Å². The summed E-state index contributed by atoms with van der Waals surface area (Å²) in [5.41, 5.74) is 3.59. The number of rotatable bonds is 5. The van der Waals surface area contributed by atoms with Crippen LogP contribution in [0, 0.1) is 19.3 Å². The molecule has 0 fully saturated rings. The molecular formula is C20H26N2O3S. The van der Waals surface area contributed by atoms with Gasteiger partial charge in [-0.1, -0.05) is 26.8 Å². The number of benzene rings is 1. The molecule has 0 saturated heterocycles. The summed E-state index contributed by atoms with van der Waals surface area (Å²) < 4.78 is 5.30. The first-order chi connectivity index (χ1) is 12.1. The molecule has 0 aliphatic carbocycles. The lowest BCUT2D eigenvalue weighted by Crippen LogP contribution is -2.22. The zero-order valence-electron chi connectivity index (χ0n) is 16.3. The zero-order chi connectivity index (χ0) is 19.5. The SMILES string of the molecule is CC(=O)N(c1ccc(C)c(C)c1)c1nc(COC(=O)CC(C)(C)C)cs1. The third-order valence-corrected chi connectivity index (χ3v) is 4.72. The van der Waals surface area contributed by atoms with Crippen molar-refractivity contribution in [3.8, 4) is 0 Å². The molecule has 5 nitrogen and oxygen atoms in total. The molecule has 0 bridgehead atoms. The summed E-state index contributed by atoms with van der Waals surface area (Å²) in [4.78, 5) is 30.1. The average molecular weight is 375 g/mol. The molecule has 0 aliphatic heterocycles. The Morgan fingerprint density at radius 3 is 2.46 bits per heavy atom. The summed E-state index contributed by atoms with van der Waals surface area (Å²) in [6.45, 7) is 11.6. The molecule has 0 aliphatic rings. The maximum atomic E-state index is 12.2. The minimum absolute atomic E-state index is 0.112. The summed E-state index contributed by atoms with van der Waals surface area (Å²) in [5, 5.41) is 2.39. The van der Waals surface area contributed by atoms with Gasteiger partial charge < -0.3 is 4.74 Å². The van der Waals surface area contributed by atoms with E-state index in [2.05, 4.69) is 4.98 Å². The van der Waals surface area contributed by atoms with Crippen LogP contribution in [0.4, 0.5) is 10.8 Å². The maximum Gasteiger partial charge on any atom is 0.306 e. The standard InChI is InChI=1S/C20H26N2O3S/c1-13-7-8-17(9-14(13)2)22(15(3)23)19-21-16(12-26-19)11-25-18(24)10-20(4,5)6/h7-9,12H,10-11H2,1-6H3. The van der Waals surface area contributed by atoms with E-state index in [4.69, 9.17) is 4.74 Å². The van der Waals surface area contributed by atoms with Gasteiger partial charge in [0.05, 0.1) is 17.8 Å². The van der Waals surface area contributed by atoms with Gasteiger partial charge in [-0.2, -0.15) is 0 Å². The topological polar surface area (TPSA) is 59.5 Å². The van der Waals surface area contributed by atoms with Gasteiger partial charge in [-0.25, -0.2) is 4.98 Å². The van der Waals surface area contributed by atoms with Gasteiger partial charge in [-0.3, -0.25) is 14.5 Å². The van der Waals surface area contributed by atoms with Crippen molar-refractivity contribution in [3.05, 3.63) is 40.4 Å². The molecule has 2 rings (SSSR count). The van der Waals surface area contributed by atoms with Crippen molar-refractivity contribution >= 4 is 34.0 Å². The van der Waals surface area contributed by atoms with Crippen LogP contribution in [0.15, 0.2) is 23.6 Å². The molecule has 140 valence electrons. The lowest BCUT2D eigenvalue weighted by atomic mass is 9.92. The van der Waals surface area contributed by atoms with Crippen molar-refractivity contribution in [1.29, 1.82) is 0 Å². The number of esters is 1. The van der Waals surface area contributed by atoms with Crippen LogP contribution in [0.5, 0.6) is 0 Å². The second kappa shape index (κ2) is 7.99. The zero-order valence-corrected chi connectivity index (χ0v) is 17.1. The first-order valence-corrected chi connectivity index (χ1v) is 9.43. The van der Waals surface area contributed by atoms with E-state index in [9.17, 15) is 9.59 Å². The van der Waals surface area contributed by atoms with E-state index in [1.165, 1.54) is 23.8 Å². The molecule has 1 amide bonds. The fourth-order valence-electron chi connectivity index (χ4n) is 2.40. The van der Waals surface area contributed by atoms with Crippen LogP contribution in [0.1, 0.15) is 50.9 Å². The number of thiazole rings is 1. The van der Waals surface area contributed by atoms with Crippen molar-refractivity contribution < 1.29 is 14.3 Å². The van der Waals surface area contributed by atoms with Crippen molar-refractivity contribution in [2.75, 3.05) is 4.90 Å². The van der Waals surface area contributed by atoms with Crippen LogP contribution >= 0.6 is 11.3 Å². The molecular weight excluding hydrogens is 348 g/mol. The second-order valence-electron chi connectivity index (χ2n) is 7.64. The summed E-state index contributed by atoms with van der Waals surface area (Å²) in [6, 6.07) is 5.87. The highest BCUT2D eigenvalue weighted by Crippen LogP contribution is 2.30. The fourth-order valence-corrected chi connectivity index (χ4v) is 3.27. The van der Waals surface area contributed by atoms with Crippen molar-refractivity contribution in [2.45, 2.75) is 54.6 Å². The number of carbonyl (C=O) groups is 2. The molecule has 0 spiro atoms. The number of nitrogens with zero attached hydrogens (tertiary/aromatic N) is 2. The molecule has 1 aromatic carbocycles. The van der Waals surface area contributed by atoms with Crippen molar-refractivity contribution in [1.82, 2.24) is 4.98 Å². The minimum Gasteiger partial charge on any atom is -0.459 e. The van der Waals surface area contributed by atoms with E-state index < -0.39 is 0 Å². The molecule has 1 aromatic heterocycles. The van der Waals surface area contributed by atoms with Crippen molar-refractivity contribution in [2.24, 2.45) is 5.41 Å². The molecule has 1 heterocycles. The Labute approximate surface area is 159 Å². The smallest absolute Gasteiger partial charge is 0.306 e. The molecule has 0 saturated carbocycles. The highest BCUT2D eigenvalue weighted by molar-refractivity contribution is 7.14. The van der Waals surface area contributed by atoms with Crippen LogP contribution in [-0.2, 0) is 20.9 Å². The third-order valence-electron chi connectivity index (χ3n) is 3.85. The van der Waals surface area contributed by atoms with Gasteiger partial charge in [-0.15, -0.1) is 11.3 Å². The lowest BCUT2D eigenvalue weighted by molar-refractivity contribution is -0.147. The van der Waals surface area contributed by atoms with E-state index >= 15 is 0 Å². The largest absolute Gasteiger partial charge is 0.459 e. The van der Waals surface area contributed by atoms with E-state index in [1.807, 2.05) is 58.2 Å². The Hall–Kier alpha value is -2.21. The second-order valence-corrected chi connectivity index (χ2v) is 8.48. The van der Waals surface area contributed by atoms with Gasteiger partial charge >= 0.3 is 5.97 Å². The molecule has 0 atom stereocenters. The first kappa shape index (κ1) is 20.1. The van der Waals surface area contributed by atoms with Crippen LogP contribution in [0.25, 0.3) is 0 Å². The molecule has 26 heavy (non-hydrogen) atoms. The molecule has 0 unspecified atom stereocenters. The van der Waals surface area contributed by atoms with E-state index in [1.54, 1.807) is 4.90 Å². The molecule has 0 radical (unpaired) electrons.